The van der Waals surface area contributed by atoms with Crippen LogP contribution in [0.25, 0.3) is 0 Å². The summed E-state index contributed by atoms with van der Waals surface area (Å²) < 4.78 is 76.2. The zero-order valence-corrected chi connectivity index (χ0v) is 25.1. The average Bonchev–Trinajstić information content (AvgIpc) is 2.87. The highest BCUT2D eigenvalue weighted by molar-refractivity contribution is 7.92. The Labute approximate surface area is 240 Å². The number of ether oxygens (including phenoxy) is 2. The molecule has 41 heavy (non-hydrogen) atoms. The normalized spacial score (nSPS) is 22.2. The van der Waals surface area contributed by atoms with Crippen LogP contribution >= 0.6 is 0 Å². The van der Waals surface area contributed by atoms with Crippen LogP contribution in [0.5, 0.6) is 5.75 Å². The second kappa shape index (κ2) is 15.1. The molecule has 0 spiro atoms. The molecule has 0 aromatic heterocycles. The minimum absolute atomic E-state index is 0.0198. The number of benzene rings is 1. The first-order valence-electron chi connectivity index (χ1n) is 13.6. The summed E-state index contributed by atoms with van der Waals surface area (Å²) in [6.45, 7) is 5.37. The number of likely N-dealkylation sites (N-methyl/N-ethyl adjacent to an activating group) is 1. The molecule has 4 atom stereocenters. The second-order valence-corrected chi connectivity index (χ2v) is 12.5. The first kappa shape index (κ1) is 34.6. The van der Waals surface area contributed by atoms with Gasteiger partial charge < -0.3 is 24.4 Å². The number of nitrogens with one attached hydrogen (secondary N) is 1. The predicted octanol–water partition coefficient (Wildman–Crippen LogP) is 3.65. The number of rotatable bonds is 8. The number of anilines is 1. The largest absolute Gasteiger partial charge is 0.490 e. The van der Waals surface area contributed by atoms with Gasteiger partial charge in [0.05, 0.1) is 43.1 Å². The molecule has 234 valence electrons. The number of carbonyl (C=O) groups is 2. The molecule has 0 saturated heterocycles. The first-order chi connectivity index (χ1) is 19.0. The Kier molecular flexibility index (Phi) is 12.7. The molecule has 0 unspecified atom stereocenters. The number of fused-ring (bicyclic) bond motifs is 1. The SMILES string of the molecule is C[C@@H]1CCCCO[C@@H](CN(C)C(=O)CCC(F)(F)F)[C@@H](C)CN([C@@H](C)CO)C(=O)c2cc(NS(C)(=O)=O)ccc2O1. The molecule has 0 fully saturated rings. The smallest absolute Gasteiger partial charge is 0.389 e. The van der Waals surface area contributed by atoms with Crippen molar-refractivity contribution in [3.8, 4) is 5.75 Å². The quantitative estimate of drug-likeness (QED) is 0.461. The van der Waals surface area contributed by atoms with Gasteiger partial charge in [-0.15, -0.1) is 0 Å². The summed E-state index contributed by atoms with van der Waals surface area (Å²) in [5.74, 6) is -1.30. The monoisotopic (exact) mass is 609 g/mol. The molecule has 14 heteroatoms. The third-order valence-corrected chi connectivity index (χ3v) is 7.46. The fourth-order valence-electron chi connectivity index (χ4n) is 4.47. The van der Waals surface area contributed by atoms with Crippen molar-refractivity contribution in [3.63, 3.8) is 0 Å². The van der Waals surface area contributed by atoms with Crippen LogP contribution in [-0.2, 0) is 19.6 Å². The lowest BCUT2D eigenvalue weighted by atomic mass is 10.0. The molecule has 2 N–H and O–H groups in total. The van der Waals surface area contributed by atoms with Gasteiger partial charge in [0.15, 0.2) is 0 Å². The van der Waals surface area contributed by atoms with Crippen LogP contribution in [0.1, 0.15) is 63.2 Å². The Morgan fingerprint density at radius 1 is 1.27 bits per heavy atom. The van der Waals surface area contributed by atoms with E-state index in [9.17, 15) is 36.3 Å². The molecule has 0 saturated carbocycles. The van der Waals surface area contributed by atoms with E-state index in [0.717, 1.165) is 12.7 Å². The Hall–Kier alpha value is -2.58. The van der Waals surface area contributed by atoms with Crippen molar-refractivity contribution in [2.75, 3.05) is 44.3 Å². The predicted molar refractivity (Wildman–Crippen MR) is 148 cm³/mol. The Morgan fingerprint density at radius 2 is 1.95 bits per heavy atom. The zero-order chi connectivity index (χ0) is 31.0. The third kappa shape index (κ3) is 11.7. The maximum atomic E-state index is 13.9. The molecule has 0 radical (unpaired) electrons. The van der Waals surface area contributed by atoms with Crippen LogP contribution in [0.15, 0.2) is 18.2 Å². The maximum absolute atomic E-state index is 13.9. The minimum atomic E-state index is -4.44. The molecule has 1 aliphatic rings. The molecule has 0 aliphatic carbocycles. The maximum Gasteiger partial charge on any atom is 0.389 e. The van der Waals surface area contributed by atoms with E-state index in [1.54, 1.807) is 13.8 Å². The minimum Gasteiger partial charge on any atom is -0.490 e. The number of nitrogens with zero attached hydrogens (tertiary/aromatic N) is 2. The van der Waals surface area contributed by atoms with E-state index in [1.807, 2.05) is 6.92 Å². The molecule has 2 amide bonds. The van der Waals surface area contributed by atoms with Crippen LogP contribution in [0.4, 0.5) is 18.9 Å². The van der Waals surface area contributed by atoms with Crippen LogP contribution in [0, 0.1) is 5.92 Å². The van der Waals surface area contributed by atoms with Crippen LogP contribution in [-0.4, -0.2) is 99.2 Å². The van der Waals surface area contributed by atoms with Crippen molar-refractivity contribution < 1.29 is 45.8 Å². The van der Waals surface area contributed by atoms with E-state index >= 15 is 0 Å². The van der Waals surface area contributed by atoms with E-state index in [4.69, 9.17) is 9.47 Å². The summed E-state index contributed by atoms with van der Waals surface area (Å²) in [4.78, 5) is 29.0. The van der Waals surface area contributed by atoms with E-state index < -0.39 is 58.9 Å². The summed E-state index contributed by atoms with van der Waals surface area (Å²) in [5.41, 5.74) is 0.272. The van der Waals surface area contributed by atoms with Gasteiger partial charge in [0.1, 0.15) is 5.75 Å². The number of aliphatic hydroxyl groups excluding tert-OH is 1. The average molecular weight is 610 g/mol. The summed E-state index contributed by atoms with van der Waals surface area (Å²) in [5, 5.41) is 9.98. The molecular weight excluding hydrogens is 567 g/mol. The highest BCUT2D eigenvalue weighted by Gasteiger charge is 2.32. The summed E-state index contributed by atoms with van der Waals surface area (Å²) in [7, 11) is -2.21. The third-order valence-electron chi connectivity index (χ3n) is 6.86. The van der Waals surface area contributed by atoms with Crippen LogP contribution in [0.2, 0.25) is 0 Å². The number of aliphatic hydroxyl groups is 1. The highest BCUT2D eigenvalue weighted by atomic mass is 32.2. The van der Waals surface area contributed by atoms with Crippen molar-refractivity contribution in [1.29, 1.82) is 0 Å². The lowest BCUT2D eigenvalue weighted by molar-refractivity contribution is -0.149. The molecule has 1 aliphatic heterocycles. The Bertz CT molecular complexity index is 1130. The first-order valence-corrected chi connectivity index (χ1v) is 15.5. The zero-order valence-electron chi connectivity index (χ0n) is 24.2. The van der Waals surface area contributed by atoms with Gasteiger partial charge in [-0.1, -0.05) is 6.92 Å². The number of amides is 2. The van der Waals surface area contributed by atoms with Gasteiger partial charge in [-0.2, -0.15) is 13.2 Å². The van der Waals surface area contributed by atoms with E-state index in [1.165, 1.54) is 35.0 Å². The van der Waals surface area contributed by atoms with E-state index in [-0.39, 0.29) is 42.8 Å². The molecule has 2 rings (SSSR count). The topological polar surface area (TPSA) is 125 Å². The number of alkyl halides is 3. The number of sulfonamides is 1. The van der Waals surface area contributed by atoms with Crippen molar-refractivity contribution in [3.05, 3.63) is 23.8 Å². The van der Waals surface area contributed by atoms with Gasteiger partial charge >= 0.3 is 6.18 Å². The lowest BCUT2D eigenvalue weighted by Gasteiger charge is -2.36. The van der Waals surface area contributed by atoms with Crippen molar-refractivity contribution >= 4 is 27.5 Å². The van der Waals surface area contributed by atoms with Gasteiger partial charge in [-0.05, 0) is 51.3 Å². The molecular formula is C27H42F3N3O7S. The van der Waals surface area contributed by atoms with Crippen LogP contribution < -0.4 is 9.46 Å². The van der Waals surface area contributed by atoms with Gasteiger partial charge in [-0.25, -0.2) is 8.42 Å². The second-order valence-electron chi connectivity index (χ2n) is 10.8. The fourth-order valence-corrected chi connectivity index (χ4v) is 5.03. The Balaban J connectivity index is 2.42. The van der Waals surface area contributed by atoms with Crippen molar-refractivity contribution in [1.82, 2.24) is 9.80 Å². The van der Waals surface area contributed by atoms with Crippen LogP contribution in [0.3, 0.4) is 0 Å². The summed E-state index contributed by atoms with van der Waals surface area (Å²) in [6, 6.07) is 3.77. The Morgan fingerprint density at radius 3 is 2.56 bits per heavy atom. The van der Waals surface area contributed by atoms with Crippen molar-refractivity contribution in [2.45, 2.75) is 77.3 Å². The fraction of sp³-hybridized carbons (Fsp3) is 0.704. The number of carbonyl (C=O) groups excluding carboxylic acids is 2. The van der Waals surface area contributed by atoms with Crippen molar-refractivity contribution in [2.24, 2.45) is 5.92 Å². The van der Waals surface area contributed by atoms with Gasteiger partial charge in [-0.3, -0.25) is 14.3 Å². The molecule has 1 heterocycles. The van der Waals surface area contributed by atoms with E-state index in [2.05, 4.69) is 4.72 Å². The molecule has 1 aromatic carbocycles. The van der Waals surface area contributed by atoms with E-state index in [0.29, 0.717) is 19.4 Å². The van der Waals surface area contributed by atoms with Gasteiger partial charge in [0, 0.05) is 44.8 Å². The molecule has 1 aromatic rings. The molecule has 10 nitrogen and oxygen atoms in total. The molecule has 0 bridgehead atoms. The number of hydrogen-bond donors (Lipinski definition) is 2. The summed E-state index contributed by atoms with van der Waals surface area (Å²) >= 11 is 0. The number of halogens is 3. The van der Waals surface area contributed by atoms with Gasteiger partial charge in [0.2, 0.25) is 15.9 Å². The lowest BCUT2D eigenvalue weighted by Crippen LogP contribution is -2.48. The standard InChI is InChI=1S/C27H42F3N3O7S/c1-18-15-33(19(2)17-34)26(36)22-14-21(31-41(5,37)38)9-10-23(22)40-20(3)8-6-7-13-39-24(18)16-32(4)25(35)11-12-27(28,29)30/h9-10,14,18-20,24,31,34H,6-8,11-13,15-17H2,1-5H3/t18-,19-,20+,24-/m0/s1. The number of hydrogen-bond acceptors (Lipinski definition) is 7. The van der Waals surface area contributed by atoms with Gasteiger partial charge in [0.25, 0.3) is 5.91 Å². The highest BCUT2D eigenvalue weighted by Crippen LogP contribution is 2.29. The summed E-state index contributed by atoms with van der Waals surface area (Å²) in [6.07, 6.45) is -4.20.